The van der Waals surface area contributed by atoms with Gasteiger partial charge >= 0.3 is 0 Å². The molecule has 1 spiro atoms. The summed E-state index contributed by atoms with van der Waals surface area (Å²) in [5.41, 5.74) is 2.79. The van der Waals surface area contributed by atoms with E-state index in [1.807, 2.05) is 44.6 Å². The summed E-state index contributed by atoms with van der Waals surface area (Å²) in [6, 6.07) is 5.75. The van der Waals surface area contributed by atoms with Crippen molar-refractivity contribution in [3.63, 3.8) is 0 Å². The number of aliphatic imine (C=N–C) groups is 1. The third kappa shape index (κ3) is 6.55. The first kappa shape index (κ1) is 28.7. The number of carbonyl (C=O) groups excluding carboxylic acids is 1. The number of amidine groups is 1. The number of rotatable bonds is 8. The number of aromatic nitrogens is 2. The minimum Gasteiger partial charge on any atom is -0.363 e. The van der Waals surface area contributed by atoms with Crippen molar-refractivity contribution in [1.82, 2.24) is 14.9 Å². The number of aldehydes is 1. The zero-order valence-electron chi connectivity index (χ0n) is 23.6. The van der Waals surface area contributed by atoms with Gasteiger partial charge in [0.25, 0.3) is 0 Å². The molecule has 0 amide bonds. The van der Waals surface area contributed by atoms with Gasteiger partial charge in [-0.15, -0.1) is 0 Å². The monoisotopic (exact) mass is 578 g/mol. The van der Waals surface area contributed by atoms with E-state index in [1.54, 1.807) is 0 Å². The van der Waals surface area contributed by atoms with Crippen molar-refractivity contribution in [3.05, 3.63) is 59.2 Å². The first-order valence-corrected chi connectivity index (χ1v) is 15.5. The fourth-order valence-electron chi connectivity index (χ4n) is 6.11. The van der Waals surface area contributed by atoms with Gasteiger partial charge < -0.3 is 15.1 Å². The normalized spacial score (nSPS) is 20.5. The Morgan fingerprint density at radius 3 is 2.55 bits per heavy atom. The molecule has 5 rings (SSSR count). The SMILES string of the molecule is C=C(Nc1cccc(Sc2cnc(N3CCC4(CCCC4)CC3)cn2)c1Cl)/C(C=O)=C(C)/N=C1/CCCCN1C. The van der Waals surface area contributed by atoms with Crippen molar-refractivity contribution in [2.75, 3.05) is 36.9 Å². The fourth-order valence-corrected chi connectivity index (χ4v) is 7.18. The van der Waals surface area contributed by atoms with Gasteiger partial charge in [-0.25, -0.2) is 15.0 Å². The lowest BCUT2D eigenvalue weighted by Crippen LogP contribution is -2.39. The second-order valence-corrected chi connectivity index (χ2v) is 12.7. The van der Waals surface area contributed by atoms with E-state index in [0.717, 1.165) is 66.8 Å². The van der Waals surface area contributed by atoms with Gasteiger partial charge in [-0.1, -0.05) is 48.8 Å². The molecule has 40 heavy (non-hydrogen) atoms. The summed E-state index contributed by atoms with van der Waals surface area (Å²) in [5.74, 6) is 1.94. The van der Waals surface area contributed by atoms with Gasteiger partial charge in [0.15, 0.2) is 6.29 Å². The lowest BCUT2D eigenvalue weighted by atomic mass is 9.77. The zero-order valence-corrected chi connectivity index (χ0v) is 25.2. The van der Waals surface area contributed by atoms with Crippen LogP contribution in [0.1, 0.15) is 64.7 Å². The molecule has 7 nitrogen and oxygen atoms in total. The quantitative estimate of drug-likeness (QED) is 0.199. The van der Waals surface area contributed by atoms with E-state index in [-0.39, 0.29) is 0 Å². The lowest BCUT2D eigenvalue weighted by molar-refractivity contribution is -0.104. The van der Waals surface area contributed by atoms with Gasteiger partial charge in [-0.3, -0.25) is 4.79 Å². The van der Waals surface area contributed by atoms with E-state index in [4.69, 9.17) is 21.6 Å². The van der Waals surface area contributed by atoms with Crippen LogP contribution in [0.5, 0.6) is 0 Å². The molecule has 3 aliphatic rings. The molecule has 0 bridgehead atoms. The van der Waals surface area contributed by atoms with Crippen LogP contribution in [0.4, 0.5) is 11.5 Å². The van der Waals surface area contributed by atoms with Gasteiger partial charge in [0, 0.05) is 43.7 Å². The molecular weight excluding hydrogens is 540 g/mol. The Morgan fingerprint density at radius 1 is 1.10 bits per heavy atom. The molecule has 2 aromatic rings. The van der Waals surface area contributed by atoms with Crippen LogP contribution in [-0.2, 0) is 4.79 Å². The van der Waals surface area contributed by atoms with Crippen LogP contribution in [0.2, 0.25) is 5.02 Å². The number of allylic oxidation sites excluding steroid dienone is 2. The molecule has 0 atom stereocenters. The van der Waals surface area contributed by atoms with E-state index < -0.39 is 0 Å². The Kier molecular flexibility index (Phi) is 9.16. The smallest absolute Gasteiger partial charge is 0.153 e. The fraction of sp³-hybridized carbons (Fsp3) is 0.484. The number of hydrogen-bond acceptors (Lipinski definition) is 7. The number of likely N-dealkylation sites (tertiary alicyclic amines) is 1. The summed E-state index contributed by atoms with van der Waals surface area (Å²) in [6.45, 7) is 9.06. The Bertz CT molecular complexity index is 1290. The summed E-state index contributed by atoms with van der Waals surface area (Å²) in [6.07, 6.45) is 15.8. The van der Waals surface area contributed by atoms with E-state index >= 15 is 0 Å². The van der Waals surface area contributed by atoms with Gasteiger partial charge in [0.05, 0.1) is 34.4 Å². The third-order valence-corrected chi connectivity index (χ3v) is 10.1. The van der Waals surface area contributed by atoms with Crippen molar-refractivity contribution < 1.29 is 4.79 Å². The van der Waals surface area contributed by atoms with Crippen LogP contribution >= 0.6 is 23.4 Å². The highest BCUT2D eigenvalue weighted by Gasteiger charge is 2.37. The van der Waals surface area contributed by atoms with Crippen LogP contribution in [-0.4, -0.2) is 53.7 Å². The number of nitrogens with zero attached hydrogens (tertiary/aromatic N) is 5. The third-order valence-electron chi connectivity index (χ3n) is 8.60. The molecule has 2 aliphatic heterocycles. The maximum Gasteiger partial charge on any atom is 0.153 e. The molecule has 9 heteroatoms. The molecule has 2 saturated heterocycles. The number of nitrogens with one attached hydrogen (secondary N) is 1. The summed E-state index contributed by atoms with van der Waals surface area (Å²) >= 11 is 8.27. The Morgan fingerprint density at radius 2 is 1.88 bits per heavy atom. The second-order valence-electron chi connectivity index (χ2n) is 11.3. The number of halogens is 1. The van der Waals surface area contributed by atoms with Crippen LogP contribution in [0.25, 0.3) is 0 Å². The molecule has 1 aliphatic carbocycles. The summed E-state index contributed by atoms with van der Waals surface area (Å²) < 4.78 is 0. The highest BCUT2D eigenvalue weighted by Crippen LogP contribution is 2.46. The topological polar surface area (TPSA) is 73.7 Å². The van der Waals surface area contributed by atoms with Crippen LogP contribution < -0.4 is 10.2 Å². The van der Waals surface area contributed by atoms with Crippen molar-refractivity contribution >= 4 is 47.0 Å². The van der Waals surface area contributed by atoms with Crippen LogP contribution in [0.15, 0.2) is 69.1 Å². The van der Waals surface area contributed by atoms with Crippen molar-refractivity contribution in [1.29, 1.82) is 0 Å². The van der Waals surface area contributed by atoms with Gasteiger partial charge in [0.1, 0.15) is 16.7 Å². The predicted molar refractivity (Wildman–Crippen MR) is 165 cm³/mol. The highest BCUT2D eigenvalue weighted by atomic mass is 35.5. The summed E-state index contributed by atoms with van der Waals surface area (Å²) in [5, 5.41) is 4.56. The molecular formula is C31H39ClN6OS. The number of anilines is 2. The van der Waals surface area contributed by atoms with E-state index in [1.165, 1.54) is 50.3 Å². The molecule has 212 valence electrons. The van der Waals surface area contributed by atoms with Crippen molar-refractivity contribution in [2.45, 2.75) is 74.6 Å². The molecule has 0 radical (unpaired) electrons. The van der Waals surface area contributed by atoms with Gasteiger partial charge in [-0.2, -0.15) is 0 Å². The standard InChI is InChI=1S/C31H39ClN6OS/c1-22(24(21-39)23(2)36-27-11-4-7-16-37(27)3)35-25-9-8-10-26(30(25)32)40-29-20-33-28(19-34-29)38-17-14-31(15-18-38)12-5-6-13-31/h8-10,19-21,35H,1,4-7,11-18H2,2-3H3/b24-23+,36-27-. The average molecular weight is 579 g/mol. The summed E-state index contributed by atoms with van der Waals surface area (Å²) in [7, 11) is 2.04. The van der Waals surface area contributed by atoms with Crippen molar-refractivity contribution in [2.24, 2.45) is 10.4 Å². The predicted octanol–water partition coefficient (Wildman–Crippen LogP) is 7.35. The maximum atomic E-state index is 12.0. The van der Waals surface area contributed by atoms with E-state index in [0.29, 0.717) is 33.1 Å². The number of benzene rings is 1. The molecule has 3 heterocycles. The summed E-state index contributed by atoms with van der Waals surface area (Å²) in [4.78, 5) is 31.5. The zero-order chi connectivity index (χ0) is 28.1. The molecule has 0 unspecified atom stereocenters. The Balaban J connectivity index is 1.24. The molecule has 1 saturated carbocycles. The molecule has 1 N–H and O–H groups in total. The first-order chi connectivity index (χ1) is 19.4. The van der Waals surface area contributed by atoms with E-state index in [2.05, 4.69) is 26.7 Å². The average Bonchev–Trinajstić information content (AvgIpc) is 3.41. The Hall–Kier alpha value is -2.84. The molecule has 1 aromatic heterocycles. The highest BCUT2D eigenvalue weighted by molar-refractivity contribution is 7.99. The first-order valence-electron chi connectivity index (χ1n) is 14.3. The van der Waals surface area contributed by atoms with E-state index in [9.17, 15) is 4.79 Å². The largest absolute Gasteiger partial charge is 0.363 e. The Labute approximate surface area is 247 Å². The van der Waals surface area contributed by atoms with Crippen LogP contribution in [0, 0.1) is 5.41 Å². The van der Waals surface area contributed by atoms with Gasteiger partial charge in [-0.05, 0) is 63.0 Å². The second kappa shape index (κ2) is 12.8. The lowest BCUT2D eigenvalue weighted by Gasteiger charge is -2.39. The minimum absolute atomic E-state index is 0.429. The van der Waals surface area contributed by atoms with Crippen LogP contribution in [0.3, 0.4) is 0 Å². The van der Waals surface area contributed by atoms with Crippen molar-refractivity contribution in [3.8, 4) is 0 Å². The molecule has 1 aromatic carbocycles. The molecule has 3 fully saturated rings. The maximum absolute atomic E-state index is 12.0. The van der Waals surface area contributed by atoms with Gasteiger partial charge in [0.2, 0.25) is 0 Å². The number of carbonyl (C=O) groups is 1. The number of piperidine rings is 2. The number of hydrogen-bond donors (Lipinski definition) is 1. The minimum atomic E-state index is 0.429.